The Kier molecular flexibility index (Phi) is 6.73. The van der Waals surface area contributed by atoms with E-state index in [4.69, 9.17) is 10.7 Å². The van der Waals surface area contributed by atoms with E-state index in [1.54, 1.807) is 59.8 Å². The number of nitrogens with two attached hydrogens (primary N) is 1. The van der Waals surface area contributed by atoms with E-state index in [1.165, 1.54) is 15.9 Å². The number of anilines is 3. The van der Waals surface area contributed by atoms with Crippen LogP contribution in [0, 0.1) is 0 Å². The van der Waals surface area contributed by atoms with Crippen molar-refractivity contribution in [2.75, 3.05) is 42.1 Å². The number of imidazole rings is 1. The second-order valence-electron chi connectivity index (χ2n) is 10.3. The van der Waals surface area contributed by atoms with E-state index in [1.807, 2.05) is 0 Å². The highest BCUT2D eigenvalue weighted by Crippen LogP contribution is 2.36. The van der Waals surface area contributed by atoms with Gasteiger partial charge in [-0.05, 0) is 50.5 Å². The molecule has 2 aromatic heterocycles. The number of nitrogens with one attached hydrogen (secondary N) is 1. The SMILES string of the molecule is C=CC(=O)N1CCCC1c1nc(N2CCN(C(=O)Nc3ccc(C(C)(C)O)cc3)CC2=O)c2c(N)nccn12. The van der Waals surface area contributed by atoms with E-state index in [-0.39, 0.29) is 43.3 Å². The first-order valence-electron chi connectivity index (χ1n) is 12.8. The summed E-state index contributed by atoms with van der Waals surface area (Å²) in [6.45, 7) is 7.92. The molecule has 5 rings (SSSR count). The topological polar surface area (TPSA) is 149 Å². The Morgan fingerprint density at radius 2 is 1.95 bits per heavy atom. The first-order valence-corrected chi connectivity index (χ1v) is 12.8. The number of nitrogens with zero attached hydrogens (tertiary/aromatic N) is 6. The van der Waals surface area contributed by atoms with Crippen LogP contribution in [0.4, 0.5) is 22.1 Å². The van der Waals surface area contributed by atoms with Gasteiger partial charge in [-0.15, -0.1) is 0 Å². The number of nitrogen functional groups attached to an aromatic ring is 1. The van der Waals surface area contributed by atoms with E-state index in [0.717, 1.165) is 18.4 Å². The summed E-state index contributed by atoms with van der Waals surface area (Å²) in [4.78, 5) is 52.4. The third-order valence-electron chi connectivity index (χ3n) is 7.21. The summed E-state index contributed by atoms with van der Waals surface area (Å²) in [6.07, 6.45) is 6.12. The summed E-state index contributed by atoms with van der Waals surface area (Å²) in [7, 11) is 0. The fraction of sp³-hybridized carbons (Fsp3) is 0.370. The minimum absolute atomic E-state index is 0.146. The van der Waals surface area contributed by atoms with Crippen molar-refractivity contribution in [2.45, 2.75) is 38.3 Å². The van der Waals surface area contributed by atoms with Crippen molar-refractivity contribution in [3.63, 3.8) is 0 Å². The second-order valence-corrected chi connectivity index (χ2v) is 10.3. The van der Waals surface area contributed by atoms with Crippen molar-refractivity contribution < 1.29 is 19.5 Å². The molecule has 2 aliphatic heterocycles. The predicted molar refractivity (Wildman–Crippen MR) is 146 cm³/mol. The van der Waals surface area contributed by atoms with Gasteiger partial charge in [-0.1, -0.05) is 18.7 Å². The fourth-order valence-electron chi connectivity index (χ4n) is 5.14. The van der Waals surface area contributed by atoms with Gasteiger partial charge in [-0.25, -0.2) is 14.8 Å². The Hall–Kier alpha value is -4.45. The summed E-state index contributed by atoms with van der Waals surface area (Å²) < 4.78 is 1.79. The Balaban J connectivity index is 1.36. The van der Waals surface area contributed by atoms with Crippen LogP contribution in [-0.2, 0) is 15.2 Å². The highest BCUT2D eigenvalue weighted by molar-refractivity contribution is 6.02. The Labute approximate surface area is 225 Å². The lowest BCUT2D eigenvalue weighted by Gasteiger charge is -2.33. The highest BCUT2D eigenvalue weighted by Gasteiger charge is 2.36. The number of fused-ring (bicyclic) bond motifs is 1. The lowest BCUT2D eigenvalue weighted by atomic mass is 9.98. The van der Waals surface area contributed by atoms with E-state index < -0.39 is 11.6 Å². The minimum Gasteiger partial charge on any atom is -0.386 e. The molecule has 4 heterocycles. The molecule has 0 spiro atoms. The average Bonchev–Trinajstić information content (AvgIpc) is 3.53. The fourth-order valence-corrected chi connectivity index (χ4v) is 5.14. The normalized spacial score (nSPS) is 18.1. The molecule has 1 aromatic carbocycles. The summed E-state index contributed by atoms with van der Waals surface area (Å²) >= 11 is 0. The zero-order chi connectivity index (χ0) is 27.9. The van der Waals surface area contributed by atoms with Gasteiger partial charge in [0, 0.05) is 37.7 Å². The summed E-state index contributed by atoms with van der Waals surface area (Å²) in [5.41, 5.74) is 7.02. The molecule has 12 heteroatoms. The van der Waals surface area contributed by atoms with Crippen molar-refractivity contribution in [1.82, 2.24) is 24.2 Å². The summed E-state index contributed by atoms with van der Waals surface area (Å²) in [5, 5.41) is 12.9. The molecular formula is C27H32N8O4. The molecule has 4 N–H and O–H groups in total. The molecule has 1 atom stereocenters. The molecule has 0 saturated carbocycles. The molecule has 2 aliphatic rings. The third-order valence-corrected chi connectivity index (χ3v) is 7.21. The lowest BCUT2D eigenvalue weighted by Crippen LogP contribution is -2.53. The molecule has 4 amide bonds. The first kappa shape index (κ1) is 26.2. The third kappa shape index (κ3) is 4.90. The van der Waals surface area contributed by atoms with Crippen LogP contribution < -0.4 is 16.0 Å². The maximum absolute atomic E-state index is 13.3. The van der Waals surface area contributed by atoms with Crippen molar-refractivity contribution >= 4 is 40.7 Å². The number of carbonyl (C=O) groups is 3. The number of urea groups is 1. The number of benzene rings is 1. The van der Waals surface area contributed by atoms with Crippen molar-refractivity contribution in [3.05, 3.63) is 60.7 Å². The molecule has 0 bridgehead atoms. The monoisotopic (exact) mass is 532 g/mol. The number of carbonyl (C=O) groups excluding carboxylic acids is 3. The van der Waals surface area contributed by atoms with Crippen molar-refractivity contribution in [3.8, 4) is 0 Å². The number of aliphatic hydroxyl groups is 1. The zero-order valence-electron chi connectivity index (χ0n) is 22.0. The van der Waals surface area contributed by atoms with Gasteiger partial charge in [0.05, 0.1) is 11.6 Å². The first-order chi connectivity index (χ1) is 18.6. The van der Waals surface area contributed by atoms with Crippen LogP contribution in [0.2, 0.25) is 0 Å². The van der Waals surface area contributed by atoms with Crippen LogP contribution in [0.1, 0.15) is 44.1 Å². The largest absolute Gasteiger partial charge is 0.386 e. The summed E-state index contributed by atoms with van der Waals surface area (Å²) in [5.74, 6) is 0.690. The molecule has 2 fully saturated rings. The number of piperazine rings is 1. The van der Waals surface area contributed by atoms with Gasteiger partial charge in [0.1, 0.15) is 17.9 Å². The van der Waals surface area contributed by atoms with E-state index in [9.17, 15) is 19.5 Å². The van der Waals surface area contributed by atoms with Gasteiger partial charge in [0.25, 0.3) is 0 Å². The molecule has 0 radical (unpaired) electrons. The molecular weight excluding hydrogens is 500 g/mol. The number of hydrogen-bond donors (Lipinski definition) is 3. The van der Waals surface area contributed by atoms with Crippen LogP contribution >= 0.6 is 0 Å². The van der Waals surface area contributed by atoms with Gasteiger partial charge in [-0.3, -0.25) is 18.9 Å². The minimum atomic E-state index is -0.988. The molecule has 3 aromatic rings. The molecule has 2 saturated heterocycles. The molecule has 204 valence electrons. The number of aromatic nitrogens is 3. The Morgan fingerprint density at radius 3 is 2.62 bits per heavy atom. The molecule has 0 aliphatic carbocycles. The smallest absolute Gasteiger partial charge is 0.322 e. The number of rotatable bonds is 5. The summed E-state index contributed by atoms with van der Waals surface area (Å²) in [6, 6.07) is 6.21. The second kappa shape index (κ2) is 10.0. The predicted octanol–water partition coefficient (Wildman–Crippen LogP) is 2.27. The van der Waals surface area contributed by atoms with Gasteiger partial charge in [0.2, 0.25) is 11.8 Å². The van der Waals surface area contributed by atoms with Crippen molar-refractivity contribution in [1.29, 1.82) is 0 Å². The van der Waals surface area contributed by atoms with Crippen LogP contribution in [0.15, 0.2) is 49.3 Å². The van der Waals surface area contributed by atoms with Crippen molar-refractivity contribution in [2.24, 2.45) is 0 Å². The van der Waals surface area contributed by atoms with E-state index >= 15 is 0 Å². The quantitative estimate of drug-likeness (QED) is 0.427. The Bertz CT molecular complexity index is 1440. The van der Waals surface area contributed by atoms with E-state index in [0.29, 0.717) is 29.4 Å². The lowest BCUT2D eigenvalue weighted by molar-refractivity contribution is -0.127. The zero-order valence-corrected chi connectivity index (χ0v) is 22.0. The molecule has 12 nitrogen and oxygen atoms in total. The van der Waals surface area contributed by atoms with Gasteiger partial charge in [0.15, 0.2) is 11.6 Å². The van der Waals surface area contributed by atoms with Gasteiger partial charge < -0.3 is 26.0 Å². The van der Waals surface area contributed by atoms with Crippen LogP contribution in [-0.4, -0.2) is 73.3 Å². The molecule has 1 unspecified atom stereocenters. The van der Waals surface area contributed by atoms with E-state index in [2.05, 4.69) is 16.9 Å². The standard InChI is InChI=1S/C27H32N8O4/c1-4-20(36)33-12-5-6-19(33)24-31-25(22-23(28)29-11-13-35(22)24)34-15-14-32(16-21(34)37)26(38)30-18-9-7-17(8-10-18)27(2,3)39/h4,7-11,13,19,39H,1,5-6,12,14-16H2,2-3H3,(H2,28,29)(H,30,38). The van der Waals surface area contributed by atoms with Crippen LogP contribution in [0.25, 0.3) is 5.52 Å². The highest BCUT2D eigenvalue weighted by atomic mass is 16.3. The van der Waals surface area contributed by atoms with Crippen LogP contribution in [0.5, 0.6) is 0 Å². The number of amides is 4. The maximum atomic E-state index is 13.3. The maximum Gasteiger partial charge on any atom is 0.322 e. The molecule has 39 heavy (non-hydrogen) atoms. The number of hydrogen-bond acceptors (Lipinski definition) is 7. The van der Waals surface area contributed by atoms with Gasteiger partial charge in [-0.2, -0.15) is 0 Å². The Morgan fingerprint density at radius 1 is 1.21 bits per heavy atom. The number of likely N-dealkylation sites (tertiary alicyclic amines) is 1. The average molecular weight is 533 g/mol. The van der Waals surface area contributed by atoms with Gasteiger partial charge >= 0.3 is 6.03 Å². The van der Waals surface area contributed by atoms with Crippen LogP contribution in [0.3, 0.4) is 0 Å².